The van der Waals surface area contributed by atoms with E-state index in [0.29, 0.717) is 16.4 Å². The smallest absolute Gasteiger partial charge is 0.410 e. The minimum Gasteiger partial charge on any atom is -0.444 e. The van der Waals surface area contributed by atoms with Crippen LogP contribution < -0.4 is 10.6 Å². The summed E-state index contributed by atoms with van der Waals surface area (Å²) in [4.78, 5) is 38.7. The highest BCUT2D eigenvalue weighted by atomic mass is 32.2. The van der Waals surface area contributed by atoms with Crippen molar-refractivity contribution in [3.63, 3.8) is 0 Å². The van der Waals surface area contributed by atoms with E-state index >= 15 is 0 Å². The quantitative estimate of drug-likeness (QED) is 0.569. The van der Waals surface area contributed by atoms with E-state index in [1.165, 1.54) is 17.0 Å². The highest BCUT2D eigenvalue weighted by Gasteiger charge is 2.45. The van der Waals surface area contributed by atoms with Gasteiger partial charge in [-0.05, 0) is 45.4 Å². The van der Waals surface area contributed by atoms with Crippen molar-refractivity contribution in [3.05, 3.63) is 53.3 Å². The van der Waals surface area contributed by atoms with Gasteiger partial charge in [-0.1, -0.05) is 0 Å². The van der Waals surface area contributed by atoms with E-state index in [9.17, 15) is 36.0 Å². The average Bonchev–Trinajstić information content (AvgIpc) is 3.25. The molecule has 198 valence electrons. The molecule has 0 saturated carbocycles. The molecule has 0 spiro atoms. The Morgan fingerprint density at radius 2 is 1.76 bits per heavy atom. The van der Waals surface area contributed by atoms with Gasteiger partial charge >= 0.3 is 12.1 Å². The Labute approximate surface area is 210 Å². The topological polar surface area (TPSA) is 125 Å². The standard InChI is InChI=1S/C23H23F3N4O6S/c1-23(2,3)36-22(33)29-7-6-14(11-29)30-21(32)28-17-5-4-12(8-18(17)37(30,34)35)20(31)27-13-9-15(24)19(26)16(25)10-13/h4-5,8-10,14H,6-7,11H2,1-3H3,(H,27,31)(H,28,32)/t14-/m0/s1. The van der Waals surface area contributed by atoms with Gasteiger partial charge in [-0.2, -0.15) is 0 Å². The number of carbonyl (C=O) groups excluding carboxylic acids is 3. The average molecular weight is 541 g/mol. The van der Waals surface area contributed by atoms with Gasteiger partial charge in [0.15, 0.2) is 17.5 Å². The number of fused-ring (bicyclic) bond motifs is 1. The summed E-state index contributed by atoms with van der Waals surface area (Å²) in [6.45, 7) is 5.15. The van der Waals surface area contributed by atoms with Crippen LogP contribution in [0.4, 0.5) is 34.1 Å². The van der Waals surface area contributed by atoms with E-state index < -0.39 is 57.1 Å². The molecule has 2 aliphatic rings. The molecular weight excluding hydrogens is 517 g/mol. The first-order valence-electron chi connectivity index (χ1n) is 11.1. The van der Waals surface area contributed by atoms with Crippen LogP contribution in [0.3, 0.4) is 0 Å². The summed E-state index contributed by atoms with van der Waals surface area (Å²) in [6.07, 6.45) is -0.471. The summed E-state index contributed by atoms with van der Waals surface area (Å²) < 4.78 is 72.9. The third kappa shape index (κ3) is 5.19. The molecule has 10 nitrogen and oxygen atoms in total. The van der Waals surface area contributed by atoms with Gasteiger partial charge in [0, 0.05) is 36.5 Å². The lowest BCUT2D eigenvalue weighted by Crippen LogP contribution is -2.51. The number of hydrogen-bond donors (Lipinski definition) is 2. The maximum Gasteiger partial charge on any atom is 0.410 e. The molecule has 4 rings (SSSR count). The largest absolute Gasteiger partial charge is 0.444 e. The molecule has 2 aromatic rings. The highest BCUT2D eigenvalue weighted by Crippen LogP contribution is 2.34. The molecule has 0 aromatic heterocycles. The number of nitrogens with zero attached hydrogens (tertiary/aromatic N) is 2. The zero-order valence-corrected chi connectivity index (χ0v) is 20.8. The maximum absolute atomic E-state index is 13.5. The molecule has 1 fully saturated rings. The summed E-state index contributed by atoms with van der Waals surface area (Å²) in [5, 5.41) is 4.64. The molecule has 1 atom stereocenters. The Kier molecular flexibility index (Phi) is 6.56. The minimum absolute atomic E-state index is 0.0707. The van der Waals surface area contributed by atoms with Crippen LogP contribution in [0.1, 0.15) is 37.6 Å². The van der Waals surface area contributed by atoms with E-state index in [4.69, 9.17) is 4.74 Å². The minimum atomic E-state index is -4.45. The monoisotopic (exact) mass is 540 g/mol. The Bertz CT molecular complexity index is 1390. The third-order valence-corrected chi connectivity index (χ3v) is 7.49. The molecule has 0 aliphatic carbocycles. The molecule has 2 aliphatic heterocycles. The number of nitrogens with one attached hydrogen (secondary N) is 2. The van der Waals surface area contributed by atoms with Crippen molar-refractivity contribution in [1.29, 1.82) is 0 Å². The highest BCUT2D eigenvalue weighted by molar-refractivity contribution is 7.90. The fourth-order valence-corrected chi connectivity index (χ4v) is 5.70. The van der Waals surface area contributed by atoms with Crippen LogP contribution in [0, 0.1) is 17.5 Å². The summed E-state index contributed by atoms with van der Waals surface area (Å²) in [6, 6.07) is 2.75. The van der Waals surface area contributed by atoms with Crippen LogP contribution >= 0.6 is 0 Å². The third-order valence-electron chi connectivity index (χ3n) is 5.61. The molecule has 0 unspecified atom stereocenters. The van der Waals surface area contributed by atoms with E-state index in [0.717, 1.165) is 6.07 Å². The van der Waals surface area contributed by atoms with E-state index in [2.05, 4.69) is 10.6 Å². The van der Waals surface area contributed by atoms with Gasteiger partial charge in [-0.15, -0.1) is 0 Å². The molecule has 2 heterocycles. The number of rotatable bonds is 3. The first-order valence-corrected chi connectivity index (χ1v) is 12.5. The number of hydrogen-bond acceptors (Lipinski definition) is 6. The molecule has 0 radical (unpaired) electrons. The second-order valence-electron chi connectivity index (χ2n) is 9.52. The molecular formula is C23H23F3N4O6S. The van der Waals surface area contributed by atoms with Crippen molar-refractivity contribution in [2.24, 2.45) is 0 Å². The van der Waals surface area contributed by atoms with Crippen LogP contribution in [0.25, 0.3) is 0 Å². The van der Waals surface area contributed by atoms with Crippen molar-refractivity contribution in [1.82, 2.24) is 9.21 Å². The normalized spacial score (nSPS) is 18.8. The zero-order valence-electron chi connectivity index (χ0n) is 20.0. The van der Waals surface area contributed by atoms with Gasteiger partial charge in [-0.25, -0.2) is 35.5 Å². The summed E-state index contributed by atoms with van der Waals surface area (Å²) >= 11 is 0. The predicted molar refractivity (Wildman–Crippen MR) is 125 cm³/mol. The summed E-state index contributed by atoms with van der Waals surface area (Å²) in [7, 11) is -4.45. The van der Waals surface area contributed by atoms with E-state index in [1.807, 2.05) is 0 Å². The van der Waals surface area contributed by atoms with Gasteiger partial charge in [0.1, 0.15) is 10.5 Å². The fraction of sp³-hybridized carbons (Fsp3) is 0.348. The first kappa shape index (κ1) is 26.3. The van der Waals surface area contributed by atoms with Crippen LogP contribution in [-0.2, 0) is 14.8 Å². The number of sulfonamides is 1. The van der Waals surface area contributed by atoms with Crippen molar-refractivity contribution >= 4 is 39.4 Å². The lowest BCUT2D eigenvalue weighted by molar-refractivity contribution is 0.0287. The SMILES string of the molecule is CC(C)(C)OC(=O)N1CC[C@H](N2C(=O)Nc3ccc(C(=O)Nc4cc(F)c(F)c(F)c4)cc3S2(=O)=O)C1. The second kappa shape index (κ2) is 9.25. The van der Waals surface area contributed by atoms with Gasteiger partial charge in [0.2, 0.25) is 0 Å². The molecule has 0 bridgehead atoms. The number of carbonyl (C=O) groups is 3. The predicted octanol–water partition coefficient (Wildman–Crippen LogP) is 3.90. The van der Waals surface area contributed by atoms with Gasteiger partial charge < -0.3 is 20.3 Å². The van der Waals surface area contributed by atoms with Crippen LogP contribution in [-0.4, -0.2) is 60.4 Å². The van der Waals surface area contributed by atoms with Gasteiger partial charge in [0.25, 0.3) is 15.9 Å². The number of halogens is 3. The molecule has 37 heavy (non-hydrogen) atoms. The number of ether oxygens (including phenoxy) is 1. The van der Waals surface area contributed by atoms with E-state index in [-0.39, 0.29) is 41.3 Å². The lowest BCUT2D eigenvalue weighted by atomic mass is 10.1. The van der Waals surface area contributed by atoms with Gasteiger partial charge in [-0.3, -0.25) is 4.79 Å². The fourth-order valence-electron chi connectivity index (χ4n) is 3.98. The van der Waals surface area contributed by atoms with Crippen molar-refractivity contribution in [3.8, 4) is 0 Å². The van der Waals surface area contributed by atoms with E-state index in [1.54, 1.807) is 20.8 Å². The lowest BCUT2D eigenvalue weighted by Gasteiger charge is -2.33. The Hall–Kier alpha value is -3.81. The van der Waals surface area contributed by atoms with Crippen LogP contribution in [0.15, 0.2) is 35.2 Å². The molecule has 2 N–H and O–H groups in total. The molecule has 1 saturated heterocycles. The van der Waals surface area contributed by atoms with Crippen LogP contribution in [0.5, 0.6) is 0 Å². The number of urea groups is 1. The van der Waals surface area contributed by atoms with Gasteiger partial charge in [0.05, 0.1) is 11.7 Å². The molecule has 2 aromatic carbocycles. The Morgan fingerprint density at radius 1 is 1.11 bits per heavy atom. The number of benzene rings is 2. The van der Waals surface area contributed by atoms with Crippen molar-refractivity contribution in [2.45, 2.75) is 43.7 Å². The Balaban J connectivity index is 1.57. The van der Waals surface area contributed by atoms with Crippen LogP contribution in [0.2, 0.25) is 0 Å². The van der Waals surface area contributed by atoms with Crippen molar-refractivity contribution in [2.75, 3.05) is 23.7 Å². The number of likely N-dealkylation sites (tertiary alicyclic amines) is 1. The zero-order chi connectivity index (χ0) is 27.3. The second-order valence-corrected chi connectivity index (χ2v) is 11.3. The number of amides is 4. The molecule has 14 heteroatoms. The number of anilines is 2. The first-order chi connectivity index (χ1) is 17.2. The van der Waals surface area contributed by atoms with Crippen molar-refractivity contribution < 1.29 is 40.7 Å². The summed E-state index contributed by atoms with van der Waals surface area (Å²) in [5.41, 5.74) is -1.42. The Morgan fingerprint density at radius 3 is 2.38 bits per heavy atom. The molecule has 4 amide bonds. The summed E-state index contributed by atoms with van der Waals surface area (Å²) in [5.74, 6) is -5.66. The maximum atomic E-state index is 13.5.